The third-order valence-electron chi connectivity index (χ3n) is 5.42. The lowest BCUT2D eigenvalue weighted by Gasteiger charge is -2.53. The second-order valence-corrected chi connectivity index (χ2v) is 7.05. The molecule has 2 aliphatic heterocycles. The highest BCUT2D eigenvalue weighted by Gasteiger charge is 2.51. The second-order valence-electron chi connectivity index (χ2n) is 6.70. The van der Waals surface area contributed by atoms with Gasteiger partial charge in [0.15, 0.2) is 0 Å². The van der Waals surface area contributed by atoms with Gasteiger partial charge in [-0.15, -0.1) is 0 Å². The SMILES string of the molecule is Cc1cccc2c(Cl)ncc(C3OCC34CCN(C=O)CC4)c12. The molecule has 0 radical (unpaired) electrons. The van der Waals surface area contributed by atoms with Crippen molar-refractivity contribution >= 4 is 28.8 Å². The number of benzene rings is 1. The molecule has 120 valence electrons. The van der Waals surface area contributed by atoms with Crippen molar-refractivity contribution in [2.75, 3.05) is 19.7 Å². The molecule has 2 aliphatic rings. The van der Waals surface area contributed by atoms with Gasteiger partial charge < -0.3 is 9.64 Å². The molecule has 1 unspecified atom stereocenters. The number of hydrogen-bond donors (Lipinski definition) is 0. The number of aromatic nitrogens is 1. The molecule has 1 aromatic heterocycles. The summed E-state index contributed by atoms with van der Waals surface area (Å²) in [6.07, 6.45) is 4.82. The van der Waals surface area contributed by atoms with Crippen molar-refractivity contribution < 1.29 is 9.53 Å². The molecule has 1 atom stereocenters. The fraction of sp³-hybridized carbons (Fsp3) is 0.444. The Hall–Kier alpha value is -1.65. The number of likely N-dealkylation sites (tertiary alicyclic amines) is 1. The van der Waals surface area contributed by atoms with Gasteiger partial charge in [0, 0.05) is 35.7 Å². The van der Waals surface area contributed by atoms with Crippen LogP contribution in [0.4, 0.5) is 0 Å². The maximum absolute atomic E-state index is 11.0. The number of carbonyl (C=O) groups excluding carboxylic acids is 1. The molecule has 23 heavy (non-hydrogen) atoms. The molecule has 5 heteroatoms. The molecular weight excluding hydrogens is 312 g/mol. The number of amides is 1. The molecule has 2 fully saturated rings. The largest absolute Gasteiger partial charge is 0.372 e. The van der Waals surface area contributed by atoms with E-state index in [0.717, 1.165) is 55.3 Å². The lowest BCUT2D eigenvalue weighted by Crippen LogP contribution is -2.52. The van der Waals surface area contributed by atoms with Crippen LogP contribution in [0.3, 0.4) is 0 Å². The van der Waals surface area contributed by atoms with Gasteiger partial charge in [-0.1, -0.05) is 29.8 Å². The molecule has 1 aromatic carbocycles. The first-order valence-corrected chi connectivity index (χ1v) is 8.37. The van der Waals surface area contributed by atoms with Crippen LogP contribution in [0.5, 0.6) is 0 Å². The Morgan fingerprint density at radius 3 is 2.83 bits per heavy atom. The smallest absolute Gasteiger partial charge is 0.209 e. The van der Waals surface area contributed by atoms with Gasteiger partial charge in [0.1, 0.15) is 5.15 Å². The molecule has 1 spiro atoms. The molecule has 0 saturated carbocycles. The van der Waals surface area contributed by atoms with Crippen molar-refractivity contribution in [3.8, 4) is 0 Å². The van der Waals surface area contributed by atoms with Gasteiger partial charge >= 0.3 is 0 Å². The zero-order chi connectivity index (χ0) is 16.0. The van der Waals surface area contributed by atoms with E-state index < -0.39 is 0 Å². The van der Waals surface area contributed by atoms with Crippen LogP contribution in [0.15, 0.2) is 24.4 Å². The first-order chi connectivity index (χ1) is 11.1. The number of piperidine rings is 1. The summed E-state index contributed by atoms with van der Waals surface area (Å²) in [6, 6.07) is 6.12. The summed E-state index contributed by atoms with van der Waals surface area (Å²) < 4.78 is 5.99. The van der Waals surface area contributed by atoms with E-state index in [9.17, 15) is 4.79 Å². The zero-order valence-corrected chi connectivity index (χ0v) is 13.8. The van der Waals surface area contributed by atoms with E-state index >= 15 is 0 Å². The van der Waals surface area contributed by atoms with Gasteiger partial charge in [-0.05, 0) is 30.7 Å². The molecule has 2 aromatic rings. The minimum absolute atomic E-state index is 0.0460. The quantitative estimate of drug-likeness (QED) is 0.625. The van der Waals surface area contributed by atoms with Crippen molar-refractivity contribution in [1.29, 1.82) is 0 Å². The average molecular weight is 331 g/mol. The predicted molar refractivity (Wildman–Crippen MR) is 89.5 cm³/mol. The van der Waals surface area contributed by atoms with Crippen LogP contribution in [0.1, 0.15) is 30.1 Å². The normalized spacial score (nSPS) is 23.0. The summed E-state index contributed by atoms with van der Waals surface area (Å²) >= 11 is 6.28. The maximum Gasteiger partial charge on any atom is 0.209 e. The second kappa shape index (κ2) is 5.46. The molecule has 4 rings (SSSR count). The van der Waals surface area contributed by atoms with Gasteiger partial charge in [-0.25, -0.2) is 4.98 Å². The Balaban J connectivity index is 1.76. The molecule has 0 N–H and O–H groups in total. The number of carbonyl (C=O) groups is 1. The van der Waals surface area contributed by atoms with Crippen LogP contribution in [-0.2, 0) is 9.53 Å². The number of aryl methyl sites for hydroxylation is 1. The predicted octanol–water partition coefficient (Wildman–Crippen LogP) is 3.51. The van der Waals surface area contributed by atoms with E-state index in [0.29, 0.717) is 5.15 Å². The fourth-order valence-corrected chi connectivity index (χ4v) is 4.19. The molecule has 0 bridgehead atoms. The minimum atomic E-state index is 0.0460. The number of hydrogen-bond acceptors (Lipinski definition) is 3. The van der Waals surface area contributed by atoms with Crippen molar-refractivity contribution in [1.82, 2.24) is 9.88 Å². The van der Waals surface area contributed by atoms with Crippen LogP contribution >= 0.6 is 11.6 Å². The summed E-state index contributed by atoms with van der Waals surface area (Å²) in [5.74, 6) is 0. The summed E-state index contributed by atoms with van der Waals surface area (Å²) in [7, 11) is 0. The van der Waals surface area contributed by atoms with E-state index in [1.54, 1.807) is 0 Å². The first-order valence-electron chi connectivity index (χ1n) is 7.99. The number of fused-ring (bicyclic) bond motifs is 1. The molecule has 1 amide bonds. The summed E-state index contributed by atoms with van der Waals surface area (Å²) in [5, 5.41) is 2.69. The van der Waals surface area contributed by atoms with Gasteiger partial charge in [0.25, 0.3) is 0 Å². The summed E-state index contributed by atoms with van der Waals surface area (Å²) in [5.41, 5.74) is 2.45. The summed E-state index contributed by atoms with van der Waals surface area (Å²) in [4.78, 5) is 17.2. The highest BCUT2D eigenvalue weighted by Crippen LogP contribution is 2.54. The maximum atomic E-state index is 11.0. The Morgan fingerprint density at radius 2 is 2.17 bits per heavy atom. The fourth-order valence-electron chi connectivity index (χ4n) is 3.99. The van der Waals surface area contributed by atoms with E-state index in [1.165, 1.54) is 5.56 Å². The third kappa shape index (κ3) is 2.24. The average Bonchev–Trinajstić information content (AvgIpc) is 2.57. The van der Waals surface area contributed by atoms with Gasteiger partial charge in [0.2, 0.25) is 6.41 Å². The van der Waals surface area contributed by atoms with Gasteiger partial charge in [0.05, 0.1) is 12.7 Å². The van der Waals surface area contributed by atoms with E-state index in [-0.39, 0.29) is 11.5 Å². The number of nitrogens with zero attached hydrogens (tertiary/aromatic N) is 2. The summed E-state index contributed by atoms with van der Waals surface area (Å²) in [6.45, 7) is 4.48. The third-order valence-corrected chi connectivity index (χ3v) is 5.72. The number of halogens is 1. The highest BCUT2D eigenvalue weighted by atomic mass is 35.5. The van der Waals surface area contributed by atoms with E-state index in [2.05, 4.69) is 18.0 Å². The van der Waals surface area contributed by atoms with Crippen molar-refractivity contribution in [2.24, 2.45) is 5.41 Å². The Morgan fingerprint density at radius 1 is 1.39 bits per heavy atom. The van der Waals surface area contributed by atoms with Crippen LogP contribution < -0.4 is 0 Å². The van der Waals surface area contributed by atoms with Crippen LogP contribution in [0.2, 0.25) is 5.15 Å². The van der Waals surface area contributed by atoms with Crippen LogP contribution in [0, 0.1) is 12.3 Å². The number of ether oxygens (including phenoxy) is 1. The van der Waals surface area contributed by atoms with Gasteiger partial charge in [-0.2, -0.15) is 0 Å². The van der Waals surface area contributed by atoms with Crippen molar-refractivity contribution in [3.63, 3.8) is 0 Å². The zero-order valence-electron chi connectivity index (χ0n) is 13.1. The highest BCUT2D eigenvalue weighted by molar-refractivity contribution is 6.34. The first kappa shape index (κ1) is 14.9. The van der Waals surface area contributed by atoms with Gasteiger partial charge in [-0.3, -0.25) is 4.79 Å². The lowest BCUT2D eigenvalue weighted by atomic mass is 9.68. The minimum Gasteiger partial charge on any atom is -0.372 e. The van der Waals surface area contributed by atoms with Crippen molar-refractivity contribution in [3.05, 3.63) is 40.7 Å². The van der Waals surface area contributed by atoms with E-state index in [1.807, 2.05) is 23.2 Å². The molecule has 3 heterocycles. The van der Waals surface area contributed by atoms with Crippen LogP contribution in [0.25, 0.3) is 10.8 Å². The number of rotatable bonds is 2. The Bertz CT molecular complexity index is 769. The topological polar surface area (TPSA) is 42.4 Å². The number of pyridine rings is 1. The van der Waals surface area contributed by atoms with Crippen LogP contribution in [-0.4, -0.2) is 36.0 Å². The molecular formula is C18H19ClN2O2. The van der Waals surface area contributed by atoms with E-state index in [4.69, 9.17) is 16.3 Å². The lowest BCUT2D eigenvalue weighted by molar-refractivity contribution is -0.210. The molecule has 0 aliphatic carbocycles. The standard InChI is InChI=1S/C18H19ClN2O2/c1-12-3-2-4-13-15(12)14(9-20-17(13)19)16-18(10-23-16)5-7-21(11-22)8-6-18/h2-4,9,11,16H,5-8,10H2,1H3. The Kier molecular flexibility index (Phi) is 3.54. The molecule has 4 nitrogen and oxygen atoms in total. The monoisotopic (exact) mass is 330 g/mol. The Labute approximate surface area is 140 Å². The van der Waals surface area contributed by atoms with Crippen molar-refractivity contribution in [2.45, 2.75) is 25.9 Å². The molecule has 2 saturated heterocycles.